The van der Waals surface area contributed by atoms with E-state index in [0.717, 1.165) is 6.42 Å². The van der Waals surface area contributed by atoms with Crippen molar-refractivity contribution in [2.75, 3.05) is 6.61 Å². The molecule has 0 spiro atoms. The Bertz CT molecular complexity index is 850. The number of rotatable bonds is 5. The molecule has 1 unspecified atom stereocenters. The highest BCUT2D eigenvalue weighted by molar-refractivity contribution is 6.31. The quantitative estimate of drug-likeness (QED) is 0.271. The number of hydrogen-bond acceptors (Lipinski definition) is 6. The predicted octanol–water partition coefficient (Wildman–Crippen LogP) is 4.53. The second kappa shape index (κ2) is 7.45. The lowest BCUT2D eigenvalue weighted by atomic mass is 9.80. The smallest absolute Gasteiger partial charge is 0.434 e. The van der Waals surface area contributed by atoms with Crippen LogP contribution in [0.4, 0.5) is 4.79 Å². The Morgan fingerprint density at radius 2 is 1.88 bits per heavy atom. The number of carbonyl (C=O) groups excluding carboxylic acids is 2. The molecule has 2 aromatic rings. The molecule has 136 valence electrons. The number of fused-ring (bicyclic) bond motifs is 2. The van der Waals surface area contributed by atoms with Gasteiger partial charge in [0, 0.05) is 27.3 Å². The molecule has 1 aliphatic rings. The van der Waals surface area contributed by atoms with E-state index < -0.39 is 11.9 Å². The van der Waals surface area contributed by atoms with Crippen LogP contribution in [0, 0.1) is 0 Å². The van der Waals surface area contributed by atoms with Gasteiger partial charge in [-0.1, -0.05) is 49.2 Å². The number of ketones is 1. The summed E-state index contributed by atoms with van der Waals surface area (Å²) < 4.78 is 10.4. The maximum Gasteiger partial charge on any atom is 0.511 e. The molecular formula is C19H17ClO6. The number of ether oxygens (including phenoxy) is 2. The monoisotopic (exact) mass is 376 g/mol. The normalized spacial score (nSPS) is 18.0. The summed E-state index contributed by atoms with van der Waals surface area (Å²) in [6.45, 7) is 2.13. The molecule has 0 heterocycles. The fourth-order valence-corrected chi connectivity index (χ4v) is 3.10. The van der Waals surface area contributed by atoms with Crippen molar-refractivity contribution in [3.05, 3.63) is 69.7 Å². The van der Waals surface area contributed by atoms with Crippen LogP contribution in [0.2, 0.25) is 5.02 Å². The summed E-state index contributed by atoms with van der Waals surface area (Å²) in [6, 6.07) is 10.8. The van der Waals surface area contributed by atoms with Crippen LogP contribution in [0.1, 0.15) is 46.8 Å². The molecule has 0 saturated heterocycles. The van der Waals surface area contributed by atoms with E-state index in [0.29, 0.717) is 11.4 Å². The maximum atomic E-state index is 12.8. The first-order valence-corrected chi connectivity index (χ1v) is 8.54. The Balaban J connectivity index is 2.10. The van der Waals surface area contributed by atoms with Crippen LogP contribution in [-0.2, 0) is 20.1 Å². The lowest BCUT2D eigenvalue weighted by molar-refractivity contribution is -0.383. The summed E-state index contributed by atoms with van der Waals surface area (Å²) in [6.07, 6.45) is 0.495. The van der Waals surface area contributed by atoms with Gasteiger partial charge in [0.15, 0.2) is 5.78 Å². The van der Waals surface area contributed by atoms with Crippen molar-refractivity contribution in [3.63, 3.8) is 0 Å². The Morgan fingerprint density at radius 1 is 1.15 bits per heavy atom. The van der Waals surface area contributed by atoms with Gasteiger partial charge in [0.2, 0.25) is 0 Å². The van der Waals surface area contributed by atoms with E-state index in [1.807, 2.05) is 6.92 Å². The highest BCUT2D eigenvalue weighted by Gasteiger charge is 2.49. The highest BCUT2D eigenvalue weighted by atomic mass is 35.5. The van der Waals surface area contributed by atoms with E-state index in [9.17, 15) is 14.8 Å². The topological polar surface area (TPSA) is 82.1 Å². The second-order valence-electron chi connectivity index (χ2n) is 5.83. The summed E-state index contributed by atoms with van der Waals surface area (Å²) in [4.78, 5) is 29.6. The van der Waals surface area contributed by atoms with Crippen molar-refractivity contribution in [1.29, 1.82) is 0 Å². The zero-order chi connectivity index (χ0) is 18.7. The van der Waals surface area contributed by atoms with Crippen molar-refractivity contribution in [1.82, 2.24) is 0 Å². The Labute approximate surface area is 155 Å². The third-order valence-corrected chi connectivity index (χ3v) is 4.42. The van der Waals surface area contributed by atoms with Gasteiger partial charge in [0.1, 0.15) is 0 Å². The van der Waals surface area contributed by atoms with Crippen LogP contribution < -0.4 is 0 Å². The maximum absolute atomic E-state index is 12.8. The van der Waals surface area contributed by atoms with Gasteiger partial charge >= 0.3 is 11.9 Å². The van der Waals surface area contributed by atoms with Crippen molar-refractivity contribution in [2.24, 2.45) is 0 Å². The van der Waals surface area contributed by atoms with Crippen molar-refractivity contribution >= 4 is 23.5 Å². The highest BCUT2D eigenvalue weighted by Crippen LogP contribution is 2.44. The number of benzene rings is 2. The summed E-state index contributed by atoms with van der Waals surface area (Å²) in [5.74, 6) is -2.33. The fraction of sp³-hybridized carbons (Fsp3) is 0.263. The molecule has 7 heteroatoms. The third kappa shape index (κ3) is 3.07. The standard InChI is InChI=1S/C19H17ClO6/c1-2-3-10-24-18(22)25-19(26-23)15-7-5-4-6-13(15)17(21)14-11-12(20)8-9-16(14)19/h4-9,11,23H,2-3,10H2,1H3. The van der Waals surface area contributed by atoms with E-state index in [-0.39, 0.29) is 34.6 Å². The van der Waals surface area contributed by atoms with Crippen LogP contribution in [0.25, 0.3) is 0 Å². The largest absolute Gasteiger partial charge is 0.511 e. The van der Waals surface area contributed by atoms with E-state index in [1.165, 1.54) is 18.2 Å². The van der Waals surface area contributed by atoms with Crippen LogP contribution in [-0.4, -0.2) is 23.8 Å². The van der Waals surface area contributed by atoms with Crippen molar-refractivity contribution in [3.8, 4) is 0 Å². The fourth-order valence-electron chi connectivity index (χ4n) is 2.92. The van der Waals surface area contributed by atoms with Crippen molar-refractivity contribution < 1.29 is 29.2 Å². The Morgan fingerprint density at radius 3 is 2.62 bits per heavy atom. The van der Waals surface area contributed by atoms with Gasteiger partial charge in [-0.25, -0.2) is 10.1 Å². The third-order valence-electron chi connectivity index (χ3n) is 4.18. The first kappa shape index (κ1) is 18.4. The molecule has 0 aromatic heterocycles. The van der Waals surface area contributed by atoms with Gasteiger partial charge in [-0.2, -0.15) is 4.89 Å². The molecule has 1 N–H and O–H groups in total. The van der Waals surface area contributed by atoms with Crippen LogP contribution in [0.15, 0.2) is 42.5 Å². The first-order chi connectivity index (χ1) is 12.5. The zero-order valence-electron chi connectivity index (χ0n) is 14.0. The molecule has 26 heavy (non-hydrogen) atoms. The average Bonchev–Trinajstić information content (AvgIpc) is 2.65. The molecule has 3 rings (SSSR count). The molecule has 0 aliphatic heterocycles. The Hall–Kier alpha value is -2.41. The molecule has 6 nitrogen and oxygen atoms in total. The lowest BCUT2D eigenvalue weighted by Crippen LogP contribution is -2.42. The lowest BCUT2D eigenvalue weighted by Gasteiger charge is -2.35. The van der Waals surface area contributed by atoms with E-state index in [2.05, 4.69) is 4.89 Å². The number of unbranched alkanes of at least 4 members (excludes halogenated alkanes) is 1. The molecule has 0 amide bonds. The SMILES string of the molecule is CCCCOC(=O)OC1(OO)c2ccccc2C(=O)c2cc(Cl)ccc21. The van der Waals surface area contributed by atoms with Gasteiger partial charge in [-0.3, -0.25) is 4.79 Å². The van der Waals surface area contributed by atoms with E-state index in [1.54, 1.807) is 24.3 Å². The van der Waals surface area contributed by atoms with E-state index >= 15 is 0 Å². The van der Waals surface area contributed by atoms with Gasteiger partial charge < -0.3 is 9.47 Å². The molecule has 0 fully saturated rings. The number of carbonyl (C=O) groups is 2. The molecule has 0 saturated carbocycles. The summed E-state index contributed by atoms with van der Waals surface area (Å²) in [5.41, 5.74) is 0.777. The van der Waals surface area contributed by atoms with Gasteiger partial charge in [0.05, 0.1) is 6.61 Å². The molecular weight excluding hydrogens is 360 g/mol. The summed E-state index contributed by atoms with van der Waals surface area (Å²) in [5, 5.41) is 10.1. The zero-order valence-corrected chi connectivity index (χ0v) is 14.8. The van der Waals surface area contributed by atoms with E-state index in [4.69, 9.17) is 21.1 Å². The van der Waals surface area contributed by atoms with Crippen LogP contribution in [0.3, 0.4) is 0 Å². The second-order valence-corrected chi connectivity index (χ2v) is 6.26. The molecule has 2 aromatic carbocycles. The predicted molar refractivity (Wildman–Crippen MR) is 93.2 cm³/mol. The molecule has 1 aliphatic carbocycles. The number of halogens is 1. The number of hydrogen-bond donors (Lipinski definition) is 1. The minimum Gasteiger partial charge on any atom is -0.434 e. The van der Waals surface area contributed by atoms with Gasteiger partial charge in [-0.15, -0.1) is 0 Å². The summed E-state index contributed by atoms with van der Waals surface area (Å²) >= 11 is 6.01. The minimum atomic E-state index is -2.02. The first-order valence-electron chi connectivity index (χ1n) is 8.16. The average molecular weight is 377 g/mol. The minimum absolute atomic E-state index is 0.167. The van der Waals surface area contributed by atoms with Crippen LogP contribution in [0.5, 0.6) is 0 Å². The van der Waals surface area contributed by atoms with Crippen molar-refractivity contribution in [2.45, 2.75) is 25.6 Å². The van der Waals surface area contributed by atoms with Crippen LogP contribution >= 0.6 is 11.6 Å². The Kier molecular flexibility index (Phi) is 5.27. The molecule has 0 bridgehead atoms. The summed E-state index contributed by atoms with van der Waals surface area (Å²) in [7, 11) is 0. The van der Waals surface area contributed by atoms with Gasteiger partial charge in [0.25, 0.3) is 0 Å². The molecule has 1 atom stereocenters. The molecule has 0 radical (unpaired) electrons. The van der Waals surface area contributed by atoms with Gasteiger partial charge in [-0.05, 0) is 24.6 Å².